The van der Waals surface area contributed by atoms with E-state index < -0.39 is 0 Å². The van der Waals surface area contributed by atoms with Gasteiger partial charge in [-0.1, -0.05) is 106 Å². The normalized spacial score (nSPS) is 38.7. The Hall–Kier alpha value is -0.890. The molecule has 4 aliphatic rings. The predicted molar refractivity (Wildman–Crippen MR) is 129 cm³/mol. The molecule has 4 rings (SSSR count). The standard InChI is InChI=1S/C28H46N2/c1-24(2,3)17-13-14-28(27(10,11)12)20(17)22-19-18(25(4,5)6)15-16(21(19)30(22)28)23(29)26(7,8)9/h13,15-16,19-22,29H,14H2,1-12H3. The van der Waals surface area contributed by atoms with Gasteiger partial charge >= 0.3 is 0 Å². The van der Waals surface area contributed by atoms with Gasteiger partial charge in [0.2, 0.25) is 0 Å². The first-order chi connectivity index (χ1) is 13.3. The largest absolute Gasteiger partial charge is 0.308 e. The van der Waals surface area contributed by atoms with E-state index in [0.717, 1.165) is 5.71 Å². The van der Waals surface area contributed by atoms with E-state index in [1.54, 1.807) is 11.1 Å². The van der Waals surface area contributed by atoms with Gasteiger partial charge in [0, 0.05) is 46.5 Å². The van der Waals surface area contributed by atoms with Crippen LogP contribution in [0, 0.1) is 44.8 Å². The SMILES string of the molecule is CC(C)(C)C(=N)C1C=C(C(C)(C)C)C2C1N1C2C2C(C(C)(C)C)=CCC21C(C)(C)C. The minimum Gasteiger partial charge on any atom is -0.308 e. The van der Waals surface area contributed by atoms with Crippen LogP contribution in [0.2, 0.25) is 0 Å². The van der Waals surface area contributed by atoms with Gasteiger partial charge in [-0.15, -0.1) is 0 Å². The molecule has 2 heteroatoms. The summed E-state index contributed by atoms with van der Waals surface area (Å²) in [4.78, 5) is 2.91. The van der Waals surface area contributed by atoms with Crippen molar-refractivity contribution in [2.45, 2.75) is 107 Å². The van der Waals surface area contributed by atoms with Crippen molar-refractivity contribution in [1.82, 2.24) is 4.90 Å². The van der Waals surface area contributed by atoms with Gasteiger partial charge in [0.05, 0.1) is 0 Å². The zero-order chi connectivity index (χ0) is 22.8. The summed E-state index contributed by atoms with van der Waals surface area (Å²) in [6, 6.07) is 1.12. The molecule has 2 aliphatic heterocycles. The molecule has 2 nitrogen and oxygen atoms in total. The minimum absolute atomic E-state index is 0.0756. The van der Waals surface area contributed by atoms with Crippen molar-refractivity contribution in [1.29, 1.82) is 5.41 Å². The molecule has 0 bridgehead atoms. The van der Waals surface area contributed by atoms with E-state index >= 15 is 0 Å². The Morgan fingerprint density at radius 2 is 1.40 bits per heavy atom. The van der Waals surface area contributed by atoms with E-state index in [2.05, 4.69) is 100 Å². The molecule has 6 unspecified atom stereocenters. The van der Waals surface area contributed by atoms with Gasteiger partial charge in [-0.25, -0.2) is 0 Å². The van der Waals surface area contributed by atoms with Crippen LogP contribution in [-0.4, -0.2) is 28.2 Å². The van der Waals surface area contributed by atoms with Gasteiger partial charge in [0.25, 0.3) is 0 Å². The van der Waals surface area contributed by atoms with Crippen molar-refractivity contribution in [2.24, 2.45) is 39.4 Å². The zero-order valence-electron chi connectivity index (χ0n) is 21.7. The Morgan fingerprint density at radius 3 is 1.83 bits per heavy atom. The van der Waals surface area contributed by atoms with Crippen LogP contribution in [0.25, 0.3) is 0 Å². The predicted octanol–water partition coefficient (Wildman–Crippen LogP) is 7.11. The molecule has 2 aliphatic carbocycles. The van der Waals surface area contributed by atoms with E-state index in [-0.39, 0.29) is 33.1 Å². The molecular weight excluding hydrogens is 364 g/mol. The molecule has 0 aromatic heterocycles. The second-order valence-corrected chi connectivity index (χ2v) is 14.7. The van der Waals surface area contributed by atoms with E-state index in [0.29, 0.717) is 23.9 Å². The van der Waals surface area contributed by atoms with Gasteiger partial charge in [0.15, 0.2) is 0 Å². The molecule has 0 amide bonds. The molecular formula is C28H46N2. The molecule has 0 radical (unpaired) electrons. The fourth-order valence-electron chi connectivity index (χ4n) is 7.58. The van der Waals surface area contributed by atoms with E-state index in [4.69, 9.17) is 5.41 Å². The molecule has 2 fully saturated rings. The highest BCUT2D eigenvalue weighted by atomic mass is 15.4. The van der Waals surface area contributed by atoms with Gasteiger partial charge in [0.1, 0.15) is 0 Å². The first kappa shape index (κ1) is 22.3. The summed E-state index contributed by atoms with van der Waals surface area (Å²) < 4.78 is 0. The third-order valence-electron chi connectivity index (χ3n) is 8.92. The second kappa shape index (κ2) is 5.91. The van der Waals surface area contributed by atoms with E-state index in [1.807, 2.05) is 0 Å². The molecule has 0 aromatic carbocycles. The fraction of sp³-hybridized carbons (Fsp3) is 0.821. The first-order valence-corrected chi connectivity index (χ1v) is 12.2. The lowest BCUT2D eigenvalue weighted by atomic mass is 9.45. The second-order valence-electron chi connectivity index (χ2n) is 14.7. The van der Waals surface area contributed by atoms with Crippen molar-refractivity contribution < 1.29 is 0 Å². The lowest BCUT2D eigenvalue weighted by Crippen LogP contribution is -2.89. The smallest absolute Gasteiger partial charge is 0.0379 e. The van der Waals surface area contributed by atoms with E-state index in [1.165, 1.54) is 6.42 Å². The topological polar surface area (TPSA) is 27.1 Å². The minimum atomic E-state index is -0.0756. The highest BCUT2D eigenvalue weighted by Crippen LogP contribution is 2.74. The van der Waals surface area contributed by atoms with Crippen LogP contribution in [-0.2, 0) is 0 Å². The van der Waals surface area contributed by atoms with Crippen LogP contribution in [0.5, 0.6) is 0 Å². The summed E-state index contributed by atoms with van der Waals surface area (Å²) in [6.45, 7) is 28.4. The van der Waals surface area contributed by atoms with Crippen LogP contribution < -0.4 is 0 Å². The third-order valence-corrected chi connectivity index (χ3v) is 8.92. The van der Waals surface area contributed by atoms with Crippen LogP contribution in [0.3, 0.4) is 0 Å². The van der Waals surface area contributed by atoms with Crippen LogP contribution in [0.1, 0.15) is 89.5 Å². The fourth-order valence-corrected chi connectivity index (χ4v) is 7.58. The summed E-state index contributed by atoms with van der Waals surface area (Å²) in [5.41, 5.74) is 5.01. The van der Waals surface area contributed by atoms with Gasteiger partial charge in [-0.3, -0.25) is 4.90 Å². The maximum Gasteiger partial charge on any atom is 0.0379 e. The summed E-state index contributed by atoms with van der Waals surface area (Å²) in [6.07, 6.45) is 6.32. The number of rotatable bonds is 1. The van der Waals surface area contributed by atoms with Gasteiger partial charge in [-0.05, 0) is 22.7 Å². The summed E-state index contributed by atoms with van der Waals surface area (Å²) >= 11 is 0. The molecule has 2 heterocycles. The molecule has 168 valence electrons. The molecule has 6 atom stereocenters. The maximum absolute atomic E-state index is 9.13. The number of piperidine rings is 1. The number of nitrogens with zero attached hydrogens (tertiary/aromatic N) is 1. The lowest BCUT2D eigenvalue weighted by Gasteiger charge is -2.79. The van der Waals surface area contributed by atoms with Crippen molar-refractivity contribution in [3.8, 4) is 0 Å². The summed E-state index contributed by atoms with van der Waals surface area (Å²) in [7, 11) is 0. The molecule has 0 aromatic rings. The molecule has 0 saturated carbocycles. The number of hydrogen-bond acceptors (Lipinski definition) is 2. The Labute approximate surface area is 186 Å². The lowest BCUT2D eigenvalue weighted by molar-refractivity contribution is -0.282. The van der Waals surface area contributed by atoms with Crippen molar-refractivity contribution in [2.75, 3.05) is 0 Å². The van der Waals surface area contributed by atoms with Gasteiger partial charge in [-0.2, -0.15) is 0 Å². The Bertz CT molecular complexity index is 830. The number of fused-ring (bicyclic) bond motifs is 7. The van der Waals surface area contributed by atoms with Crippen LogP contribution in [0.15, 0.2) is 23.3 Å². The Balaban J connectivity index is 1.81. The number of hydrogen-bond donors (Lipinski definition) is 1. The highest BCUT2D eigenvalue weighted by Gasteiger charge is 2.79. The summed E-state index contributed by atoms with van der Waals surface area (Å²) in [5.74, 6) is 1.54. The van der Waals surface area contributed by atoms with E-state index in [9.17, 15) is 0 Å². The average Bonchev–Trinajstić information content (AvgIpc) is 2.99. The molecule has 30 heavy (non-hydrogen) atoms. The van der Waals surface area contributed by atoms with Crippen molar-refractivity contribution >= 4 is 5.71 Å². The monoisotopic (exact) mass is 410 g/mol. The average molecular weight is 411 g/mol. The first-order valence-electron chi connectivity index (χ1n) is 12.2. The molecule has 1 N–H and O–H groups in total. The third kappa shape index (κ3) is 2.61. The number of nitrogens with one attached hydrogen (secondary N) is 1. The van der Waals surface area contributed by atoms with Crippen LogP contribution in [0.4, 0.5) is 0 Å². The van der Waals surface area contributed by atoms with Crippen molar-refractivity contribution in [3.63, 3.8) is 0 Å². The van der Waals surface area contributed by atoms with Gasteiger partial charge < -0.3 is 5.41 Å². The quantitative estimate of drug-likeness (QED) is 0.362. The molecule has 0 spiro atoms. The zero-order valence-corrected chi connectivity index (χ0v) is 21.7. The molecule has 2 saturated heterocycles. The van der Waals surface area contributed by atoms with Crippen molar-refractivity contribution in [3.05, 3.63) is 23.3 Å². The highest BCUT2D eigenvalue weighted by molar-refractivity contribution is 5.92. The Kier molecular flexibility index (Phi) is 4.40. The maximum atomic E-state index is 9.13. The summed E-state index contributed by atoms with van der Waals surface area (Å²) in [5, 5.41) is 9.13. The Morgan fingerprint density at radius 1 is 0.867 bits per heavy atom. The van der Waals surface area contributed by atoms with Crippen LogP contribution >= 0.6 is 0 Å².